The molecular formula is C16H34O2Sn. The van der Waals surface area contributed by atoms with Crippen LogP contribution in [-0.4, -0.2) is 29.7 Å². The topological polar surface area (TPSA) is 29.5 Å². The van der Waals surface area contributed by atoms with Gasteiger partial charge >= 0.3 is 124 Å². The van der Waals surface area contributed by atoms with Crippen molar-refractivity contribution in [3.05, 3.63) is 10.2 Å². The summed E-state index contributed by atoms with van der Waals surface area (Å²) in [5.74, 6) is 0. The van der Waals surface area contributed by atoms with E-state index >= 15 is 0 Å². The van der Waals surface area contributed by atoms with Gasteiger partial charge in [-0.2, -0.15) is 0 Å². The first-order valence-electron chi connectivity index (χ1n) is 8.07. The third-order valence-corrected chi connectivity index (χ3v) is 20.6. The van der Waals surface area contributed by atoms with Crippen LogP contribution in [0.4, 0.5) is 0 Å². The van der Waals surface area contributed by atoms with Gasteiger partial charge in [0, 0.05) is 0 Å². The average molecular weight is 377 g/mol. The van der Waals surface area contributed by atoms with Crippen LogP contribution < -0.4 is 0 Å². The van der Waals surface area contributed by atoms with E-state index in [-0.39, 0.29) is 6.10 Å². The minimum absolute atomic E-state index is 0.165. The Morgan fingerprint density at radius 2 is 1.37 bits per heavy atom. The molecule has 0 aliphatic rings. The van der Waals surface area contributed by atoms with Crippen LogP contribution in [-0.2, 0) is 4.89 Å². The van der Waals surface area contributed by atoms with Crippen LogP contribution in [0.15, 0.2) is 10.2 Å². The second-order valence-corrected chi connectivity index (χ2v) is 19.3. The third kappa shape index (κ3) is 6.63. The second-order valence-electron chi connectivity index (χ2n) is 5.86. The fourth-order valence-electron chi connectivity index (χ4n) is 2.90. The van der Waals surface area contributed by atoms with Crippen molar-refractivity contribution in [1.82, 2.24) is 0 Å². The molecule has 19 heavy (non-hydrogen) atoms. The van der Waals surface area contributed by atoms with Crippen LogP contribution in [0.5, 0.6) is 0 Å². The van der Waals surface area contributed by atoms with Crippen molar-refractivity contribution in [2.24, 2.45) is 0 Å². The summed E-state index contributed by atoms with van der Waals surface area (Å²) in [6.45, 7) is 13.1. The molecule has 0 saturated carbocycles. The third-order valence-electron chi connectivity index (χ3n) is 4.36. The summed E-state index contributed by atoms with van der Waals surface area (Å²) in [6, 6.07) is 0. The Labute approximate surface area is 124 Å². The van der Waals surface area contributed by atoms with Gasteiger partial charge in [0.15, 0.2) is 0 Å². The van der Waals surface area contributed by atoms with E-state index in [1.165, 1.54) is 55.4 Å². The summed E-state index contributed by atoms with van der Waals surface area (Å²) in [5.41, 5.74) is 0. The van der Waals surface area contributed by atoms with Crippen molar-refractivity contribution in [3.63, 3.8) is 0 Å². The summed E-state index contributed by atoms with van der Waals surface area (Å²) >= 11 is -2.39. The second kappa shape index (κ2) is 11.2. The molecule has 114 valence electrons. The van der Waals surface area contributed by atoms with E-state index in [9.17, 15) is 0 Å². The van der Waals surface area contributed by atoms with Gasteiger partial charge in [-0.25, -0.2) is 0 Å². The van der Waals surface area contributed by atoms with E-state index in [0.717, 1.165) is 0 Å². The Morgan fingerprint density at radius 1 is 1.00 bits per heavy atom. The molecule has 0 fully saturated rings. The molecule has 0 aromatic heterocycles. The average Bonchev–Trinajstić information content (AvgIpc) is 2.45. The molecular weight excluding hydrogens is 343 g/mol. The molecule has 0 saturated heterocycles. The summed E-state index contributed by atoms with van der Waals surface area (Å²) in [4.78, 5) is 4.61. The van der Waals surface area contributed by atoms with Crippen molar-refractivity contribution >= 4 is 18.4 Å². The molecule has 0 radical (unpaired) electrons. The summed E-state index contributed by atoms with van der Waals surface area (Å²) < 4.78 is 5.46. The maximum atomic E-state index is 9.02. The molecule has 0 amide bonds. The van der Waals surface area contributed by atoms with Gasteiger partial charge in [-0.05, 0) is 0 Å². The van der Waals surface area contributed by atoms with E-state index in [1.807, 2.05) is 6.92 Å². The Morgan fingerprint density at radius 3 is 1.63 bits per heavy atom. The fraction of sp³-hybridized carbons (Fsp3) is 0.875. The molecule has 0 aliphatic carbocycles. The Bertz CT molecular complexity index is 219. The molecule has 1 atom stereocenters. The molecule has 0 bridgehead atoms. The molecule has 2 nitrogen and oxygen atoms in total. The molecule has 0 spiro atoms. The van der Waals surface area contributed by atoms with Crippen molar-refractivity contribution in [3.8, 4) is 0 Å². The number of rotatable bonds is 12. The van der Waals surface area contributed by atoms with Crippen LogP contribution in [0.25, 0.3) is 0 Å². The predicted octanol–water partition coefficient (Wildman–Crippen LogP) is 5.81. The van der Waals surface area contributed by atoms with Crippen molar-refractivity contribution in [2.75, 3.05) is 0 Å². The maximum absolute atomic E-state index is 9.02. The van der Waals surface area contributed by atoms with Crippen LogP contribution in [0.1, 0.15) is 66.2 Å². The molecule has 0 rings (SSSR count). The van der Waals surface area contributed by atoms with Crippen molar-refractivity contribution < 1.29 is 10.1 Å². The first-order valence-corrected chi connectivity index (χ1v) is 15.6. The predicted molar refractivity (Wildman–Crippen MR) is 87.2 cm³/mol. The molecule has 1 unspecified atom stereocenters. The van der Waals surface area contributed by atoms with E-state index in [0.29, 0.717) is 0 Å². The van der Waals surface area contributed by atoms with Gasteiger partial charge in [-0.3, -0.25) is 0 Å². The quantitative estimate of drug-likeness (QED) is 0.264. The first kappa shape index (κ1) is 19.5. The number of hydrogen-bond donors (Lipinski definition) is 1. The monoisotopic (exact) mass is 378 g/mol. The fourth-order valence-corrected chi connectivity index (χ4v) is 19.2. The first-order chi connectivity index (χ1) is 9.07. The molecule has 3 heteroatoms. The van der Waals surface area contributed by atoms with Gasteiger partial charge in [-0.15, -0.1) is 0 Å². The SMILES string of the molecule is C=[C](C(C)OO)[Sn]([CH2]CCC)([CH2]CCC)[CH2]CCC. The van der Waals surface area contributed by atoms with Gasteiger partial charge in [0.1, 0.15) is 0 Å². The Hall–Kier alpha value is 0.459. The van der Waals surface area contributed by atoms with Gasteiger partial charge in [0.05, 0.1) is 0 Å². The van der Waals surface area contributed by atoms with Gasteiger partial charge in [0.25, 0.3) is 0 Å². The molecule has 1 N–H and O–H groups in total. The number of hydrogen-bond acceptors (Lipinski definition) is 2. The summed E-state index contributed by atoms with van der Waals surface area (Å²) in [7, 11) is 0. The number of unbranched alkanes of at least 4 members (excludes halogenated alkanes) is 3. The zero-order valence-electron chi connectivity index (χ0n) is 13.5. The molecule has 0 aliphatic heterocycles. The minimum atomic E-state index is -2.39. The van der Waals surface area contributed by atoms with Crippen LogP contribution in [0.2, 0.25) is 13.3 Å². The summed E-state index contributed by atoms with van der Waals surface area (Å²) in [6.07, 6.45) is 7.58. The normalized spacial score (nSPS) is 13.5. The van der Waals surface area contributed by atoms with Crippen LogP contribution >= 0.6 is 0 Å². The van der Waals surface area contributed by atoms with E-state index in [4.69, 9.17) is 5.26 Å². The van der Waals surface area contributed by atoms with Crippen molar-refractivity contribution in [2.45, 2.75) is 85.6 Å². The van der Waals surface area contributed by atoms with E-state index < -0.39 is 18.4 Å². The van der Waals surface area contributed by atoms with Gasteiger partial charge < -0.3 is 0 Å². The molecule has 0 aromatic rings. The Balaban J connectivity index is 5.01. The zero-order valence-corrected chi connectivity index (χ0v) is 16.4. The van der Waals surface area contributed by atoms with Crippen molar-refractivity contribution in [1.29, 1.82) is 0 Å². The van der Waals surface area contributed by atoms with E-state index in [2.05, 4.69) is 32.2 Å². The summed E-state index contributed by atoms with van der Waals surface area (Å²) in [5, 5.41) is 9.02. The zero-order chi connectivity index (χ0) is 14.7. The molecule has 0 heterocycles. The Kier molecular flexibility index (Phi) is 11.4. The van der Waals surface area contributed by atoms with Crippen LogP contribution in [0, 0.1) is 0 Å². The van der Waals surface area contributed by atoms with Crippen LogP contribution in [0.3, 0.4) is 0 Å². The standard InChI is InChI=1S/C4H7O2.3C4H9.Sn/c1-3-4(2)6-5;3*1-3-4-2;/h4-5H,1H2,2H3;3*1,3-4H2,2H3;. The molecule has 0 aromatic carbocycles. The van der Waals surface area contributed by atoms with Gasteiger partial charge in [0.2, 0.25) is 0 Å². The van der Waals surface area contributed by atoms with Gasteiger partial charge in [-0.1, -0.05) is 0 Å². The van der Waals surface area contributed by atoms with E-state index in [1.54, 1.807) is 0 Å².